The third-order valence-electron chi connectivity index (χ3n) is 2.11. The molecule has 0 aliphatic heterocycles. The number of ether oxygens (including phenoxy) is 1. The fourth-order valence-corrected chi connectivity index (χ4v) is 1.96. The molecule has 0 bridgehead atoms. The largest absolute Gasteiger partial charge is 0.383 e. The zero-order valence-corrected chi connectivity index (χ0v) is 11.5. The molecule has 4 nitrogen and oxygen atoms in total. The van der Waals surface area contributed by atoms with E-state index in [9.17, 15) is 4.79 Å². The Morgan fingerprint density at radius 1 is 1.44 bits per heavy atom. The highest BCUT2D eigenvalue weighted by atomic mass is 32.2. The molecule has 2 unspecified atom stereocenters. The summed E-state index contributed by atoms with van der Waals surface area (Å²) in [5, 5.41) is 6.08. The molecular weight excluding hydrogens is 224 g/mol. The van der Waals surface area contributed by atoms with Gasteiger partial charge in [-0.25, -0.2) is 0 Å². The van der Waals surface area contributed by atoms with E-state index in [1.807, 2.05) is 18.7 Å². The molecule has 5 heteroatoms. The molecule has 0 radical (unpaired) electrons. The van der Waals surface area contributed by atoms with Crippen LogP contribution in [0.15, 0.2) is 0 Å². The maximum absolute atomic E-state index is 11.6. The molecule has 0 saturated heterocycles. The number of nitrogens with one attached hydrogen (secondary N) is 2. The van der Waals surface area contributed by atoms with Crippen molar-refractivity contribution in [2.45, 2.75) is 32.9 Å². The van der Waals surface area contributed by atoms with Crippen molar-refractivity contribution in [2.24, 2.45) is 0 Å². The van der Waals surface area contributed by atoms with Gasteiger partial charge in [-0.3, -0.25) is 4.79 Å². The molecule has 0 aromatic rings. The summed E-state index contributed by atoms with van der Waals surface area (Å²) in [7, 11) is 1.62. The first-order valence-corrected chi connectivity index (χ1v) is 6.87. The van der Waals surface area contributed by atoms with Crippen molar-refractivity contribution in [3.8, 4) is 0 Å². The SMILES string of the molecule is CCSCC(C)NC(C)C(=O)NCCOC. The quantitative estimate of drug-likeness (QED) is 0.595. The molecule has 96 valence electrons. The lowest BCUT2D eigenvalue weighted by Gasteiger charge is -2.19. The van der Waals surface area contributed by atoms with Gasteiger partial charge in [-0.2, -0.15) is 11.8 Å². The minimum Gasteiger partial charge on any atom is -0.383 e. The van der Waals surface area contributed by atoms with E-state index in [4.69, 9.17) is 4.74 Å². The molecule has 2 atom stereocenters. The Morgan fingerprint density at radius 2 is 2.12 bits per heavy atom. The van der Waals surface area contributed by atoms with Gasteiger partial charge in [0.1, 0.15) is 0 Å². The first-order chi connectivity index (χ1) is 7.61. The van der Waals surface area contributed by atoms with E-state index >= 15 is 0 Å². The van der Waals surface area contributed by atoms with Gasteiger partial charge in [-0.15, -0.1) is 0 Å². The van der Waals surface area contributed by atoms with Crippen LogP contribution in [0.4, 0.5) is 0 Å². The van der Waals surface area contributed by atoms with Gasteiger partial charge in [0.15, 0.2) is 0 Å². The van der Waals surface area contributed by atoms with E-state index in [1.54, 1.807) is 7.11 Å². The summed E-state index contributed by atoms with van der Waals surface area (Å²) in [4.78, 5) is 11.6. The van der Waals surface area contributed by atoms with Crippen molar-refractivity contribution in [1.29, 1.82) is 0 Å². The van der Waals surface area contributed by atoms with Gasteiger partial charge >= 0.3 is 0 Å². The van der Waals surface area contributed by atoms with Gasteiger partial charge in [-0.05, 0) is 19.6 Å². The Labute approximate surface area is 103 Å². The van der Waals surface area contributed by atoms with Crippen molar-refractivity contribution in [3.63, 3.8) is 0 Å². The Bertz CT molecular complexity index is 191. The molecule has 0 aromatic carbocycles. The Hall–Kier alpha value is -0.260. The maximum Gasteiger partial charge on any atom is 0.236 e. The second kappa shape index (κ2) is 9.93. The van der Waals surface area contributed by atoms with E-state index in [-0.39, 0.29) is 11.9 Å². The lowest BCUT2D eigenvalue weighted by Crippen LogP contribution is -2.47. The fraction of sp³-hybridized carbons (Fsp3) is 0.909. The van der Waals surface area contributed by atoms with Crippen molar-refractivity contribution in [3.05, 3.63) is 0 Å². The number of amides is 1. The molecule has 0 saturated carbocycles. The van der Waals surface area contributed by atoms with Crippen LogP contribution >= 0.6 is 11.8 Å². The monoisotopic (exact) mass is 248 g/mol. The van der Waals surface area contributed by atoms with E-state index in [0.717, 1.165) is 11.5 Å². The van der Waals surface area contributed by atoms with Gasteiger partial charge in [0, 0.05) is 25.4 Å². The fourth-order valence-electron chi connectivity index (χ4n) is 1.27. The summed E-state index contributed by atoms with van der Waals surface area (Å²) in [5.41, 5.74) is 0. The van der Waals surface area contributed by atoms with Crippen LogP contribution in [0.1, 0.15) is 20.8 Å². The number of carbonyl (C=O) groups is 1. The summed E-state index contributed by atoms with van der Waals surface area (Å²) < 4.78 is 4.87. The van der Waals surface area contributed by atoms with Crippen LogP contribution < -0.4 is 10.6 Å². The Kier molecular flexibility index (Phi) is 9.77. The molecule has 0 aliphatic carbocycles. The maximum atomic E-state index is 11.6. The average molecular weight is 248 g/mol. The van der Waals surface area contributed by atoms with E-state index in [2.05, 4.69) is 24.5 Å². The molecule has 0 rings (SSSR count). The highest BCUT2D eigenvalue weighted by Crippen LogP contribution is 2.01. The molecule has 1 amide bonds. The normalized spacial score (nSPS) is 14.5. The third kappa shape index (κ3) is 7.96. The molecular formula is C11H24N2O2S. The molecule has 0 fully saturated rings. The summed E-state index contributed by atoms with van der Waals surface area (Å²) in [5.74, 6) is 2.18. The number of rotatable bonds is 9. The summed E-state index contributed by atoms with van der Waals surface area (Å²) in [6.45, 7) is 7.24. The van der Waals surface area contributed by atoms with E-state index in [0.29, 0.717) is 19.2 Å². The zero-order chi connectivity index (χ0) is 12.4. The highest BCUT2D eigenvalue weighted by Gasteiger charge is 2.14. The number of methoxy groups -OCH3 is 1. The second-order valence-electron chi connectivity index (χ2n) is 3.73. The van der Waals surface area contributed by atoms with Crippen LogP contribution in [0, 0.1) is 0 Å². The van der Waals surface area contributed by atoms with Gasteiger partial charge in [0.05, 0.1) is 12.6 Å². The van der Waals surface area contributed by atoms with E-state index < -0.39 is 0 Å². The van der Waals surface area contributed by atoms with Crippen LogP contribution in [0.3, 0.4) is 0 Å². The highest BCUT2D eigenvalue weighted by molar-refractivity contribution is 7.99. The first kappa shape index (κ1) is 15.7. The number of hydrogen-bond acceptors (Lipinski definition) is 4. The third-order valence-corrected chi connectivity index (χ3v) is 3.25. The number of carbonyl (C=O) groups excluding carboxylic acids is 1. The lowest BCUT2D eigenvalue weighted by molar-refractivity contribution is -0.123. The summed E-state index contributed by atoms with van der Waals surface area (Å²) in [6.07, 6.45) is 0. The topological polar surface area (TPSA) is 50.4 Å². The lowest BCUT2D eigenvalue weighted by atomic mass is 10.2. The molecule has 0 aliphatic rings. The van der Waals surface area contributed by atoms with Crippen LogP contribution in [-0.4, -0.2) is 49.8 Å². The first-order valence-electron chi connectivity index (χ1n) is 5.72. The standard InChI is InChI=1S/C11H24N2O2S/c1-5-16-8-9(2)13-10(3)11(14)12-6-7-15-4/h9-10,13H,5-8H2,1-4H3,(H,12,14). The summed E-state index contributed by atoms with van der Waals surface area (Å²) in [6, 6.07) is 0.206. The van der Waals surface area contributed by atoms with Gasteiger partial charge < -0.3 is 15.4 Å². The van der Waals surface area contributed by atoms with Gasteiger partial charge in [0.25, 0.3) is 0 Å². The predicted molar refractivity (Wildman–Crippen MR) is 69.9 cm³/mol. The number of thioether (sulfide) groups is 1. The minimum atomic E-state index is -0.149. The molecule has 0 spiro atoms. The predicted octanol–water partition coefficient (Wildman–Crippen LogP) is 0.869. The molecule has 0 heterocycles. The molecule has 0 aromatic heterocycles. The molecule has 16 heavy (non-hydrogen) atoms. The van der Waals surface area contributed by atoms with Crippen LogP contribution in [-0.2, 0) is 9.53 Å². The Morgan fingerprint density at radius 3 is 2.69 bits per heavy atom. The van der Waals surface area contributed by atoms with Gasteiger partial charge in [-0.1, -0.05) is 6.92 Å². The van der Waals surface area contributed by atoms with Crippen molar-refractivity contribution in [2.75, 3.05) is 31.8 Å². The van der Waals surface area contributed by atoms with E-state index in [1.165, 1.54) is 0 Å². The molecule has 2 N–H and O–H groups in total. The van der Waals surface area contributed by atoms with Crippen LogP contribution in [0.25, 0.3) is 0 Å². The summed E-state index contributed by atoms with van der Waals surface area (Å²) >= 11 is 1.88. The average Bonchev–Trinajstić information content (AvgIpc) is 2.26. The Balaban J connectivity index is 3.68. The van der Waals surface area contributed by atoms with Crippen LogP contribution in [0.5, 0.6) is 0 Å². The van der Waals surface area contributed by atoms with Crippen molar-refractivity contribution < 1.29 is 9.53 Å². The van der Waals surface area contributed by atoms with Crippen molar-refractivity contribution in [1.82, 2.24) is 10.6 Å². The minimum absolute atomic E-state index is 0.0328. The number of hydrogen-bond donors (Lipinski definition) is 2. The smallest absolute Gasteiger partial charge is 0.236 e. The van der Waals surface area contributed by atoms with Gasteiger partial charge in [0.2, 0.25) is 5.91 Å². The van der Waals surface area contributed by atoms with Crippen molar-refractivity contribution >= 4 is 17.7 Å². The zero-order valence-electron chi connectivity index (χ0n) is 10.7. The second-order valence-corrected chi connectivity index (χ2v) is 5.05. The van der Waals surface area contributed by atoms with Crippen LogP contribution in [0.2, 0.25) is 0 Å².